The summed E-state index contributed by atoms with van der Waals surface area (Å²) in [5.41, 5.74) is 1.97. The Bertz CT molecular complexity index is 947. The number of benzene rings is 2. The van der Waals surface area contributed by atoms with Crippen molar-refractivity contribution < 1.29 is 9.53 Å². The van der Waals surface area contributed by atoms with Crippen molar-refractivity contribution in [2.45, 2.75) is 24.5 Å². The lowest BCUT2D eigenvalue weighted by Crippen LogP contribution is -2.35. The third kappa shape index (κ3) is 5.50. The molecule has 1 atom stereocenters. The van der Waals surface area contributed by atoms with E-state index in [1.54, 1.807) is 19.5 Å². The number of halogens is 1. The highest BCUT2D eigenvalue weighted by atomic mass is 35.5. The van der Waals surface area contributed by atoms with E-state index in [9.17, 15) is 4.79 Å². The number of aromatic nitrogens is 3. The predicted octanol–water partition coefficient (Wildman–Crippen LogP) is 3.77. The van der Waals surface area contributed by atoms with E-state index in [1.165, 1.54) is 11.8 Å². The lowest BCUT2D eigenvalue weighted by Gasteiger charge is -2.14. The SMILES string of the molecule is COc1cccc(CC(C)NC(=O)CSc2nncn2-c2cccc(Cl)c2)c1. The molecule has 1 heterocycles. The third-order valence-corrected chi connectivity index (χ3v) is 5.20. The molecule has 0 aliphatic rings. The predicted molar refractivity (Wildman–Crippen MR) is 111 cm³/mol. The van der Waals surface area contributed by atoms with Gasteiger partial charge in [-0.2, -0.15) is 0 Å². The van der Waals surface area contributed by atoms with Gasteiger partial charge in [0.25, 0.3) is 0 Å². The van der Waals surface area contributed by atoms with E-state index < -0.39 is 0 Å². The summed E-state index contributed by atoms with van der Waals surface area (Å²) in [6.07, 6.45) is 2.34. The van der Waals surface area contributed by atoms with Gasteiger partial charge in [-0.3, -0.25) is 9.36 Å². The molecule has 1 amide bonds. The minimum Gasteiger partial charge on any atom is -0.497 e. The molecule has 146 valence electrons. The second-order valence-electron chi connectivity index (χ2n) is 6.28. The monoisotopic (exact) mass is 416 g/mol. The highest BCUT2D eigenvalue weighted by molar-refractivity contribution is 7.99. The first-order valence-electron chi connectivity index (χ1n) is 8.76. The number of carbonyl (C=O) groups excluding carboxylic acids is 1. The fourth-order valence-electron chi connectivity index (χ4n) is 2.78. The molecular weight excluding hydrogens is 396 g/mol. The molecule has 0 bridgehead atoms. The Labute approximate surface area is 173 Å². The van der Waals surface area contributed by atoms with Gasteiger partial charge in [0.1, 0.15) is 12.1 Å². The molecule has 2 aromatic carbocycles. The van der Waals surface area contributed by atoms with Crippen LogP contribution in [0.4, 0.5) is 0 Å². The van der Waals surface area contributed by atoms with Gasteiger partial charge < -0.3 is 10.1 Å². The highest BCUT2D eigenvalue weighted by Crippen LogP contribution is 2.21. The van der Waals surface area contributed by atoms with Crippen LogP contribution in [0.25, 0.3) is 5.69 Å². The smallest absolute Gasteiger partial charge is 0.230 e. The summed E-state index contributed by atoms with van der Waals surface area (Å²) >= 11 is 7.38. The molecule has 1 unspecified atom stereocenters. The zero-order valence-corrected chi connectivity index (χ0v) is 17.2. The fourth-order valence-corrected chi connectivity index (χ4v) is 3.70. The first-order chi connectivity index (χ1) is 13.5. The van der Waals surface area contributed by atoms with E-state index in [0.29, 0.717) is 10.2 Å². The summed E-state index contributed by atoms with van der Waals surface area (Å²) in [6.45, 7) is 1.98. The van der Waals surface area contributed by atoms with Crippen molar-refractivity contribution in [2.24, 2.45) is 0 Å². The maximum Gasteiger partial charge on any atom is 0.230 e. The summed E-state index contributed by atoms with van der Waals surface area (Å²) < 4.78 is 7.05. The average molecular weight is 417 g/mol. The van der Waals surface area contributed by atoms with Crippen LogP contribution in [-0.4, -0.2) is 39.6 Å². The van der Waals surface area contributed by atoms with Gasteiger partial charge in [-0.05, 0) is 49.2 Å². The van der Waals surface area contributed by atoms with E-state index >= 15 is 0 Å². The summed E-state index contributed by atoms with van der Waals surface area (Å²) in [5, 5.41) is 12.3. The van der Waals surface area contributed by atoms with Crippen molar-refractivity contribution >= 4 is 29.3 Å². The van der Waals surface area contributed by atoms with Crippen LogP contribution in [0.5, 0.6) is 5.75 Å². The molecule has 0 saturated carbocycles. The van der Waals surface area contributed by atoms with Gasteiger partial charge in [0, 0.05) is 11.1 Å². The molecule has 1 aromatic heterocycles. The van der Waals surface area contributed by atoms with Crippen LogP contribution < -0.4 is 10.1 Å². The number of amides is 1. The molecule has 0 saturated heterocycles. The van der Waals surface area contributed by atoms with Crippen LogP contribution in [0.1, 0.15) is 12.5 Å². The first kappa shape index (κ1) is 20.2. The van der Waals surface area contributed by atoms with Gasteiger partial charge in [-0.25, -0.2) is 0 Å². The molecule has 0 fully saturated rings. The molecular formula is C20H21ClN4O2S. The number of thioether (sulfide) groups is 1. The van der Waals surface area contributed by atoms with Gasteiger partial charge in [-0.1, -0.05) is 41.6 Å². The average Bonchev–Trinajstić information content (AvgIpc) is 3.15. The molecule has 1 N–H and O–H groups in total. The number of nitrogens with one attached hydrogen (secondary N) is 1. The second-order valence-corrected chi connectivity index (χ2v) is 7.66. The molecule has 8 heteroatoms. The maximum absolute atomic E-state index is 12.3. The van der Waals surface area contributed by atoms with E-state index in [1.807, 2.05) is 54.0 Å². The molecule has 28 heavy (non-hydrogen) atoms. The van der Waals surface area contributed by atoms with Gasteiger partial charge in [0.05, 0.1) is 18.6 Å². The lowest BCUT2D eigenvalue weighted by molar-refractivity contribution is -0.119. The number of nitrogens with zero attached hydrogens (tertiary/aromatic N) is 3. The van der Waals surface area contributed by atoms with Crippen LogP contribution in [0.2, 0.25) is 5.02 Å². The van der Waals surface area contributed by atoms with Gasteiger partial charge in [0.2, 0.25) is 5.91 Å². The van der Waals surface area contributed by atoms with Crippen molar-refractivity contribution in [3.63, 3.8) is 0 Å². The Morgan fingerprint density at radius 3 is 2.89 bits per heavy atom. The summed E-state index contributed by atoms with van der Waals surface area (Å²) in [4.78, 5) is 12.3. The topological polar surface area (TPSA) is 69.0 Å². The minimum atomic E-state index is -0.0546. The summed E-state index contributed by atoms with van der Waals surface area (Å²) in [7, 11) is 1.64. The van der Waals surface area contributed by atoms with Crippen molar-refractivity contribution in [3.8, 4) is 11.4 Å². The summed E-state index contributed by atoms with van der Waals surface area (Å²) in [6, 6.07) is 15.3. The number of carbonyl (C=O) groups is 1. The standard InChI is InChI=1S/C20H21ClN4O2S/c1-14(9-15-5-3-8-18(10-15)27-2)23-19(26)12-28-20-24-22-13-25(20)17-7-4-6-16(21)11-17/h3-8,10-11,13-14H,9,12H2,1-2H3,(H,23,26). The number of hydrogen-bond donors (Lipinski definition) is 1. The van der Waals surface area contributed by atoms with E-state index in [-0.39, 0.29) is 17.7 Å². The zero-order chi connectivity index (χ0) is 19.9. The van der Waals surface area contributed by atoms with Crippen molar-refractivity contribution in [1.29, 1.82) is 0 Å². The first-order valence-corrected chi connectivity index (χ1v) is 10.1. The molecule has 0 aliphatic carbocycles. The molecule has 0 radical (unpaired) electrons. The second kappa shape index (κ2) is 9.61. The molecule has 3 aromatic rings. The Kier molecular flexibility index (Phi) is 6.95. The number of ether oxygens (including phenoxy) is 1. The van der Waals surface area contributed by atoms with E-state index in [2.05, 4.69) is 15.5 Å². The quantitative estimate of drug-likeness (QED) is 0.566. The normalized spacial score (nSPS) is 11.8. The van der Waals surface area contributed by atoms with Crippen LogP contribution >= 0.6 is 23.4 Å². The molecule has 6 nitrogen and oxygen atoms in total. The largest absolute Gasteiger partial charge is 0.497 e. The van der Waals surface area contributed by atoms with Crippen molar-refractivity contribution in [2.75, 3.05) is 12.9 Å². The van der Waals surface area contributed by atoms with Crippen LogP contribution in [-0.2, 0) is 11.2 Å². The van der Waals surface area contributed by atoms with Crippen LogP contribution in [0.15, 0.2) is 60.0 Å². The molecule has 0 aliphatic heterocycles. The number of hydrogen-bond acceptors (Lipinski definition) is 5. The van der Waals surface area contributed by atoms with Crippen molar-refractivity contribution in [3.05, 3.63) is 65.4 Å². The van der Waals surface area contributed by atoms with Gasteiger partial charge in [-0.15, -0.1) is 10.2 Å². The Hall–Kier alpha value is -2.51. The minimum absolute atomic E-state index is 0.00556. The highest BCUT2D eigenvalue weighted by Gasteiger charge is 2.13. The zero-order valence-electron chi connectivity index (χ0n) is 15.6. The molecule has 0 spiro atoms. The maximum atomic E-state index is 12.3. The number of rotatable bonds is 8. The Morgan fingerprint density at radius 2 is 2.11 bits per heavy atom. The van der Waals surface area contributed by atoms with Crippen LogP contribution in [0.3, 0.4) is 0 Å². The third-order valence-electron chi connectivity index (χ3n) is 4.02. The van der Waals surface area contributed by atoms with Crippen molar-refractivity contribution in [1.82, 2.24) is 20.1 Å². The lowest BCUT2D eigenvalue weighted by atomic mass is 10.1. The molecule has 3 rings (SSSR count). The van der Waals surface area contributed by atoms with Crippen LogP contribution in [0, 0.1) is 0 Å². The summed E-state index contributed by atoms with van der Waals surface area (Å²) in [5.74, 6) is 1.01. The van der Waals surface area contributed by atoms with E-state index in [0.717, 1.165) is 23.4 Å². The fraction of sp³-hybridized carbons (Fsp3) is 0.250. The number of methoxy groups -OCH3 is 1. The van der Waals surface area contributed by atoms with Gasteiger partial charge >= 0.3 is 0 Å². The Morgan fingerprint density at radius 1 is 1.29 bits per heavy atom. The van der Waals surface area contributed by atoms with E-state index in [4.69, 9.17) is 16.3 Å². The Balaban J connectivity index is 1.54. The van der Waals surface area contributed by atoms with Gasteiger partial charge in [0.15, 0.2) is 5.16 Å².